The van der Waals surface area contributed by atoms with Gasteiger partial charge in [-0.1, -0.05) is 0 Å². The molecule has 3 rings (SSSR count). The van der Waals surface area contributed by atoms with Crippen LogP contribution in [0.25, 0.3) is 0 Å². The summed E-state index contributed by atoms with van der Waals surface area (Å²) in [5, 5.41) is 19.3. The molecule has 2 aliphatic heterocycles. The molecule has 1 atom stereocenters. The summed E-state index contributed by atoms with van der Waals surface area (Å²) in [5.74, 6) is -0.254. The molecule has 1 unspecified atom stereocenters. The van der Waals surface area contributed by atoms with Crippen LogP contribution in [0.15, 0.2) is 18.2 Å². The topological polar surface area (TPSA) is 64.0 Å². The average Bonchev–Trinajstić information content (AvgIpc) is 2.78. The van der Waals surface area contributed by atoms with E-state index in [0.29, 0.717) is 19.1 Å². The van der Waals surface area contributed by atoms with Crippen LogP contribution in [0.5, 0.6) is 11.5 Å². The molecule has 1 aromatic rings. The van der Waals surface area contributed by atoms with E-state index in [1.807, 2.05) is 4.90 Å². The molecule has 1 aromatic carbocycles. The Labute approximate surface area is 118 Å². The maximum atomic E-state index is 12.6. The van der Waals surface area contributed by atoms with Gasteiger partial charge in [-0.25, -0.2) is 0 Å². The number of phenolic OH excluding ortho intramolecular Hbond substituents is 2. The van der Waals surface area contributed by atoms with Gasteiger partial charge in [-0.05, 0) is 44.0 Å². The highest BCUT2D eigenvalue weighted by atomic mass is 16.3. The van der Waals surface area contributed by atoms with Gasteiger partial charge >= 0.3 is 0 Å². The van der Waals surface area contributed by atoms with E-state index in [-0.39, 0.29) is 23.0 Å². The van der Waals surface area contributed by atoms with Gasteiger partial charge in [0.25, 0.3) is 5.91 Å². The number of hydrogen-bond donors (Lipinski definition) is 2. The molecule has 0 bridgehead atoms. The smallest absolute Gasteiger partial charge is 0.257 e. The van der Waals surface area contributed by atoms with Crippen molar-refractivity contribution in [2.75, 3.05) is 26.2 Å². The lowest BCUT2D eigenvalue weighted by Gasteiger charge is -2.26. The van der Waals surface area contributed by atoms with Crippen molar-refractivity contribution in [3.05, 3.63) is 23.8 Å². The summed E-state index contributed by atoms with van der Waals surface area (Å²) >= 11 is 0. The maximum absolute atomic E-state index is 12.6. The van der Waals surface area contributed by atoms with Crippen molar-refractivity contribution in [3.8, 4) is 11.5 Å². The van der Waals surface area contributed by atoms with Crippen LogP contribution in [0.2, 0.25) is 0 Å². The minimum atomic E-state index is -0.188. The lowest BCUT2D eigenvalue weighted by atomic mass is 10.1. The van der Waals surface area contributed by atoms with Crippen LogP contribution in [-0.2, 0) is 0 Å². The van der Waals surface area contributed by atoms with Crippen molar-refractivity contribution < 1.29 is 15.0 Å². The second-order valence-electron chi connectivity index (χ2n) is 5.64. The predicted octanol–water partition coefficient (Wildman–Crippen LogP) is 1.41. The predicted molar refractivity (Wildman–Crippen MR) is 74.9 cm³/mol. The molecule has 2 saturated heterocycles. The van der Waals surface area contributed by atoms with Crippen LogP contribution in [0, 0.1) is 0 Å². The maximum Gasteiger partial charge on any atom is 0.257 e. The van der Waals surface area contributed by atoms with Crippen molar-refractivity contribution >= 4 is 5.91 Å². The number of hydrogen-bond acceptors (Lipinski definition) is 4. The molecular weight excluding hydrogens is 256 g/mol. The number of fused-ring (bicyclic) bond motifs is 1. The first-order chi connectivity index (χ1) is 9.65. The highest BCUT2D eigenvalue weighted by Crippen LogP contribution is 2.26. The highest BCUT2D eigenvalue weighted by molar-refractivity contribution is 5.97. The standard InChI is InChI=1S/C15H20N2O3/c18-12-4-5-14(19)13(9-12)15(20)17-8-2-7-16-6-1-3-11(16)10-17/h4-5,9,11,18-19H,1-3,6-8,10H2. The molecule has 0 aromatic heterocycles. The van der Waals surface area contributed by atoms with Gasteiger partial charge in [0.05, 0.1) is 5.56 Å². The summed E-state index contributed by atoms with van der Waals surface area (Å²) < 4.78 is 0. The summed E-state index contributed by atoms with van der Waals surface area (Å²) in [6, 6.07) is 4.53. The lowest BCUT2D eigenvalue weighted by Crippen LogP contribution is -2.39. The molecule has 0 saturated carbocycles. The van der Waals surface area contributed by atoms with Gasteiger partial charge < -0.3 is 15.1 Å². The Kier molecular flexibility index (Phi) is 3.53. The van der Waals surface area contributed by atoms with Gasteiger partial charge in [0.2, 0.25) is 0 Å². The number of nitrogens with zero attached hydrogens (tertiary/aromatic N) is 2. The first kappa shape index (κ1) is 13.2. The van der Waals surface area contributed by atoms with Crippen LogP contribution in [-0.4, -0.2) is 58.1 Å². The molecule has 20 heavy (non-hydrogen) atoms. The fourth-order valence-corrected chi connectivity index (χ4v) is 3.26. The number of carbonyl (C=O) groups excluding carboxylic acids is 1. The number of phenols is 2. The van der Waals surface area contributed by atoms with Gasteiger partial charge in [0, 0.05) is 25.7 Å². The third-order valence-electron chi connectivity index (χ3n) is 4.30. The van der Waals surface area contributed by atoms with E-state index in [1.54, 1.807) is 0 Å². The molecule has 5 nitrogen and oxygen atoms in total. The summed E-state index contributed by atoms with van der Waals surface area (Å²) in [6.07, 6.45) is 3.29. The van der Waals surface area contributed by atoms with Crippen LogP contribution in [0.3, 0.4) is 0 Å². The van der Waals surface area contributed by atoms with Gasteiger partial charge in [0.1, 0.15) is 11.5 Å². The summed E-state index contributed by atoms with van der Waals surface area (Å²) in [4.78, 5) is 16.8. The number of aromatic hydroxyl groups is 2. The Hall–Kier alpha value is -1.75. The third-order valence-corrected chi connectivity index (χ3v) is 4.30. The minimum Gasteiger partial charge on any atom is -0.508 e. The van der Waals surface area contributed by atoms with Crippen molar-refractivity contribution in [1.82, 2.24) is 9.80 Å². The first-order valence-corrected chi connectivity index (χ1v) is 7.20. The van der Waals surface area contributed by atoms with Crippen LogP contribution >= 0.6 is 0 Å². The number of carbonyl (C=O) groups is 1. The Balaban J connectivity index is 1.80. The van der Waals surface area contributed by atoms with E-state index < -0.39 is 0 Å². The van der Waals surface area contributed by atoms with Crippen LogP contribution < -0.4 is 0 Å². The van der Waals surface area contributed by atoms with Crippen molar-refractivity contribution in [2.24, 2.45) is 0 Å². The highest BCUT2D eigenvalue weighted by Gasteiger charge is 2.31. The Bertz CT molecular complexity index is 518. The van der Waals surface area contributed by atoms with E-state index in [2.05, 4.69) is 4.90 Å². The van der Waals surface area contributed by atoms with E-state index >= 15 is 0 Å². The molecule has 2 heterocycles. The molecule has 2 fully saturated rings. The first-order valence-electron chi connectivity index (χ1n) is 7.20. The van der Waals surface area contributed by atoms with E-state index in [0.717, 1.165) is 25.9 Å². The molecule has 2 N–H and O–H groups in total. The van der Waals surface area contributed by atoms with Crippen molar-refractivity contribution in [3.63, 3.8) is 0 Å². The summed E-state index contributed by atoms with van der Waals surface area (Å²) in [6.45, 7) is 3.60. The van der Waals surface area contributed by atoms with E-state index in [9.17, 15) is 15.0 Å². The van der Waals surface area contributed by atoms with Crippen LogP contribution in [0.1, 0.15) is 29.6 Å². The van der Waals surface area contributed by atoms with E-state index in [1.165, 1.54) is 24.6 Å². The number of rotatable bonds is 1. The summed E-state index contributed by atoms with van der Waals surface area (Å²) in [7, 11) is 0. The molecule has 5 heteroatoms. The fraction of sp³-hybridized carbons (Fsp3) is 0.533. The Morgan fingerprint density at radius 3 is 2.80 bits per heavy atom. The molecular formula is C15H20N2O3. The van der Waals surface area contributed by atoms with Gasteiger partial charge in [-0.3, -0.25) is 9.69 Å². The third kappa shape index (κ3) is 2.45. The second kappa shape index (κ2) is 5.32. The lowest BCUT2D eigenvalue weighted by molar-refractivity contribution is 0.0740. The molecule has 0 radical (unpaired) electrons. The van der Waals surface area contributed by atoms with Crippen molar-refractivity contribution in [1.29, 1.82) is 0 Å². The largest absolute Gasteiger partial charge is 0.508 e. The molecule has 2 aliphatic rings. The quantitative estimate of drug-likeness (QED) is 0.761. The molecule has 1 amide bonds. The van der Waals surface area contributed by atoms with E-state index in [4.69, 9.17) is 0 Å². The Morgan fingerprint density at radius 2 is 1.95 bits per heavy atom. The molecule has 0 aliphatic carbocycles. The summed E-state index contributed by atoms with van der Waals surface area (Å²) in [5.41, 5.74) is 0.191. The normalized spacial score (nSPS) is 23.4. The van der Waals surface area contributed by atoms with Gasteiger partial charge in [-0.15, -0.1) is 0 Å². The van der Waals surface area contributed by atoms with Crippen LogP contribution in [0.4, 0.5) is 0 Å². The molecule has 0 spiro atoms. The van der Waals surface area contributed by atoms with Crippen molar-refractivity contribution in [2.45, 2.75) is 25.3 Å². The minimum absolute atomic E-state index is 0.00321. The number of benzene rings is 1. The zero-order chi connectivity index (χ0) is 14.1. The SMILES string of the molecule is O=C(c1cc(O)ccc1O)N1CCCN2CCCC2C1. The number of amides is 1. The van der Waals surface area contributed by atoms with Gasteiger partial charge in [0.15, 0.2) is 0 Å². The molecule has 108 valence electrons. The Morgan fingerprint density at radius 1 is 1.15 bits per heavy atom. The zero-order valence-electron chi connectivity index (χ0n) is 11.5. The average molecular weight is 276 g/mol. The second-order valence-corrected chi connectivity index (χ2v) is 5.64. The zero-order valence-corrected chi connectivity index (χ0v) is 11.5. The van der Waals surface area contributed by atoms with Gasteiger partial charge in [-0.2, -0.15) is 0 Å². The monoisotopic (exact) mass is 276 g/mol. The fourth-order valence-electron chi connectivity index (χ4n) is 3.26.